The van der Waals surface area contributed by atoms with E-state index in [0.717, 1.165) is 0 Å². The van der Waals surface area contributed by atoms with Crippen LogP contribution >= 0.6 is 0 Å². The molecule has 0 aliphatic heterocycles. The fourth-order valence-electron chi connectivity index (χ4n) is 1.12. The van der Waals surface area contributed by atoms with Crippen LogP contribution in [0, 0.1) is 0 Å². The topological polar surface area (TPSA) is 89.8 Å². The first kappa shape index (κ1) is 10.5. The van der Waals surface area contributed by atoms with E-state index in [2.05, 4.69) is 5.32 Å². The number of hydrogen-bond acceptors (Lipinski definition) is 4. The lowest BCUT2D eigenvalue weighted by Gasteiger charge is -2.09. The molecule has 0 saturated carbocycles. The van der Waals surface area contributed by atoms with E-state index in [9.17, 15) is 4.79 Å². The summed E-state index contributed by atoms with van der Waals surface area (Å²) in [5.41, 5.74) is 0.599. The SMILES string of the molecule is CNc1ccc(C(O)O)cc1C(=O)O. The van der Waals surface area contributed by atoms with E-state index in [-0.39, 0.29) is 11.1 Å². The summed E-state index contributed by atoms with van der Waals surface area (Å²) in [6.45, 7) is 0. The van der Waals surface area contributed by atoms with Gasteiger partial charge in [0.15, 0.2) is 6.29 Å². The van der Waals surface area contributed by atoms with Gasteiger partial charge >= 0.3 is 5.97 Å². The van der Waals surface area contributed by atoms with Gasteiger partial charge in [-0.05, 0) is 12.1 Å². The first-order chi connectivity index (χ1) is 6.56. The number of hydrogen-bond donors (Lipinski definition) is 4. The number of benzene rings is 1. The maximum absolute atomic E-state index is 10.8. The normalized spacial score (nSPS) is 10.3. The van der Waals surface area contributed by atoms with Gasteiger partial charge in [0.05, 0.1) is 5.56 Å². The van der Waals surface area contributed by atoms with Gasteiger partial charge in [-0.1, -0.05) is 6.07 Å². The van der Waals surface area contributed by atoms with E-state index < -0.39 is 12.3 Å². The maximum Gasteiger partial charge on any atom is 0.337 e. The first-order valence-electron chi connectivity index (χ1n) is 3.97. The average Bonchev–Trinajstić information content (AvgIpc) is 2.16. The molecule has 0 bridgehead atoms. The summed E-state index contributed by atoms with van der Waals surface area (Å²) in [5.74, 6) is -1.11. The minimum atomic E-state index is -1.65. The summed E-state index contributed by atoms with van der Waals surface area (Å²) in [7, 11) is 1.59. The van der Waals surface area contributed by atoms with Crippen molar-refractivity contribution < 1.29 is 20.1 Å². The molecule has 14 heavy (non-hydrogen) atoms. The highest BCUT2D eigenvalue weighted by Crippen LogP contribution is 2.20. The molecule has 1 rings (SSSR count). The van der Waals surface area contributed by atoms with Crippen LogP contribution < -0.4 is 5.32 Å². The van der Waals surface area contributed by atoms with Gasteiger partial charge in [-0.3, -0.25) is 0 Å². The Morgan fingerprint density at radius 3 is 2.50 bits per heavy atom. The molecular formula is C9H11NO4. The van der Waals surface area contributed by atoms with Crippen molar-refractivity contribution in [3.05, 3.63) is 29.3 Å². The van der Waals surface area contributed by atoms with E-state index >= 15 is 0 Å². The second-order valence-corrected chi connectivity index (χ2v) is 2.73. The van der Waals surface area contributed by atoms with Crippen molar-refractivity contribution in [3.8, 4) is 0 Å². The van der Waals surface area contributed by atoms with Crippen molar-refractivity contribution in [2.24, 2.45) is 0 Å². The predicted octanol–water partition coefficient (Wildman–Crippen LogP) is 0.410. The summed E-state index contributed by atoms with van der Waals surface area (Å²) in [4.78, 5) is 10.8. The third-order valence-corrected chi connectivity index (χ3v) is 1.84. The Hall–Kier alpha value is -1.59. The van der Waals surface area contributed by atoms with Gasteiger partial charge in [0.2, 0.25) is 0 Å². The van der Waals surface area contributed by atoms with E-state index in [1.165, 1.54) is 18.2 Å². The summed E-state index contributed by atoms with van der Waals surface area (Å²) < 4.78 is 0. The van der Waals surface area contributed by atoms with Crippen LogP contribution in [0.4, 0.5) is 5.69 Å². The summed E-state index contributed by atoms with van der Waals surface area (Å²) in [5, 5.41) is 29.2. The van der Waals surface area contributed by atoms with Crippen molar-refractivity contribution in [3.63, 3.8) is 0 Å². The van der Waals surface area contributed by atoms with Crippen LogP contribution in [0.15, 0.2) is 18.2 Å². The highest BCUT2D eigenvalue weighted by Gasteiger charge is 2.12. The van der Waals surface area contributed by atoms with Crippen LogP contribution in [0.5, 0.6) is 0 Å². The van der Waals surface area contributed by atoms with Crippen molar-refractivity contribution in [1.29, 1.82) is 0 Å². The molecule has 0 atom stereocenters. The number of carboxylic acids is 1. The Labute approximate surface area is 80.6 Å². The smallest absolute Gasteiger partial charge is 0.337 e. The fraction of sp³-hybridized carbons (Fsp3) is 0.222. The lowest BCUT2D eigenvalue weighted by molar-refractivity contribution is -0.0424. The zero-order valence-corrected chi connectivity index (χ0v) is 7.56. The molecule has 0 spiro atoms. The molecule has 5 nitrogen and oxygen atoms in total. The number of aliphatic hydroxyl groups excluding tert-OH is 1. The van der Waals surface area contributed by atoms with Crippen LogP contribution in [-0.4, -0.2) is 28.3 Å². The number of carboxylic acid groups (broad SMARTS) is 1. The van der Waals surface area contributed by atoms with E-state index in [0.29, 0.717) is 5.69 Å². The van der Waals surface area contributed by atoms with Crippen LogP contribution in [-0.2, 0) is 0 Å². The second kappa shape index (κ2) is 4.08. The van der Waals surface area contributed by atoms with Crippen molar-refractivity contribution >= 4 is 11.7 Å². The fourth-order valence-corrected chi connectivity index (χ4v) is 1.12. The quantitative estimate of drug-likeness (QED) is 0.527. The lowest BCUT2D eigenvalue weighted by atomic mass is 10.1. The molecular weight excluding hydrogens is 186 g/mol. The van der Waals surface area contributed by atoms with Crippen molar-refractivity contribution in [2.75, 3.05) is 12.4 Å². The number of anilines is 1. The molecule has 0 aromatic heterocycles. The van der Waals surface area contributed by atoms with E-state index in [4.69, 9.17) is 15.3 Å². The maximum atomic E-state index is 10.8. The van der Waals surface area contributed by atoms with Crippen LogP contribution in [0.2, 0.25) is 0 Å². The van der Waals surface area contributed by atoms with Crippen LogP contribution in [0.25, 0.3) is 0 Å². The Bertz CT molecular complexity index is 349. The Balaban J connectivity index is 3.21. The van der Waals surface area contributed by atoms with Crippen molar-refractivity contribution in [1.82, 2.24) is 0 Å². The molecule has 5 heteroatoms. The van der Waals surface area contributed by atoms with Gasteiger partial charge in [-0.25, -0.2) is 4.79 Å². The molecule has 0 aliphatic rings. The Morgan fingerprint density at radius 2 is 2.07 bits per heavy atom. The minimum absolute atomic E-state index is 0.0121. The average molecular weight is 197 g/mol. The Morgan fingerprint density at radius 1 is 1.43 bits per heavy atom. The number of aromatic carboxylic acids is 1. The molecule has 0 radical (unpaired) electrons. The first-order valence-corrected chi connectivity index (χ1v) is 3.97. The second-order valence-electron chi connectivity index (χ2n) is 2.73. The summed E-state index contributed by atoms with van der Waals surface area (Å²) >= 11 is 0. The zero-order valence-electron chi connectivity index (χ0n) is 7.56. The summed E-state index contributed by atoms with van der Waals surface area (Å²) in [6.07, 6.45) is -1.65. The van der Waals surface area contributed by atoms with Gasteiger partial charge < -0.3 is 20.6 Å². The molecule has 4 N–H and O–H groups in total. The molecule has 1 aromatic carbocycles. The van der Waals surface area contributed by atoms with E-state index in [1.54, 1.807) is 7.05 Å². The number of aliphatic hydroxyl groups is 2. The monoisotopic (exact) mass is 197 g/mol. The van der Waals surface area contributed by atoms with Gasteiger partial charge in [0, 0.05) is 18.3 Å². The summed E-state index contributed by atoms with van der Waals surface area (Å²) in [6, 6.07) is 4.15. The number of rotatable bonds is 3. The van der Waals surface area contributed by atoms with E-state index in [1.807, 2.05) is 0 Å². The molecule has 0 saturated heterocycles. The van der Waals surface area contributed by atoms with Crippen LogP contribution in [0.3, 0.4) is 0 Å². The Kier molecular flexibility index (Phi) is 3.06. The van der Waals surface area contributed by atoms with Gasteiger partial charge in [0.25, 0.3) is 0 Å². The number of carbonyl (C=O) groups is 1. The minimum Gasteiger partial charge on any atom is -0.478 e. The molecule has 0 unspecified atom stereocenters. The number of nitrogens with one attached hydrogen (secondary N) is 1. The van der Waals surface area contributed by atoms with Gasteiger partial charge in [0.1, 0.15) is 0 Å². The molecule has 0 heterocycles. The van der Waals surface area contributed by atoms with Gasteiger partial charge in [-0.2, -0.15) is 0 Å². The molecule has 0 amide bonds. The lowest BCUT2D eigenvalue weighted by Crippen LogP contribution is -2.05. The third-order valence-electron chi connectivity index (χ3n) is 1.84. The molecule has 1 aromatic rings. The van der Waals surface area contributed by atoms with Gasteiger partial charge in [-0.15, -0.1) is 0 Å². The van der Waals surface area contributed by atoms with Crippen LogP contribution in [0.1, 0.15) is 22.2 Å². The third kappa shape index (κ3) is 2.01. The highest BCUT2D eigenvalue weighted by molar-refractivity contribution is 5.94. The van der Waals surface area contributed by atoms with Crippen molar-refractivity contribution in [2.45, 2.75) is 6.29 Å². The molecule has 0 aliphatic carbocycles. The zero-order chi connectivity index (χ0) is 10.7. The molecule has 0 fully saturated rings. The predicted molar refractivity (Wildman–Crippen MR) is 50.1 cm³/mol. The standard InChI is InChI=1S/C9H11NO4/c1-10-7-3-2-5(8(11)12)4-6(7)9(13)14/h2-4,8,10-12H,1H3,(H,13,14). The highest BCUT2D eigenvalue weighted by atomic mass is 16.5. The molecule has 76 valence electrons. The largest absolute Gasteiger partial charge is 0.478 e.